The summed E-state index contributed by atoms with van der Waals surface area (Å²) in [5.41, 5.74) is 1.32. The minimum Gasteiger partial charge on any atom is -0.465 e. The van der Waals surface area contributed by atoms with E-state index in [1.165, 1.54) is 50.9 Å². The number of hydrogen-bond donors (Lipinski definition) is 0. The number of pyridine rings is 2. The Bertz CT molecular complexity index is 1080. The molecule has 3 rings (SSSR count). The summed E-state index contributed by atoms with van der Waals surface area (Å²) in [6.07, 6.45) is 2.91. The van der Waals surface area contributed by atoms with Crippen molar-refractivity contribution in [1.29, 1.82) is 0 Å². The van der Waals surface area contributed by atoms with Gasteiger partial charge in [0.2, 0.25) is 0 Å². The Hall–Kier alpha value is -3.17. The Labute approximate surface area is 192 Å². The maximum Gasteiger partial charge on any atom is 0.338 e. The maximum atomic E-state index is 13.1. The summed E-state index contributed by atoms with van der Waals surface area (Å²) < 4.78 is 48.1. The van der Waals surface area contributed by atoms with Crippen LogP contribution in [0.15, 0.2) is 48.8 Å². The standard InChI is InChI=1S/C14H10F3NO2.C7H6ClNO2.ClH/c1-20-14(19)9-2-3-18-10(7-9)4-8-5-11(15)13(17)12(16)6-8;1-11-7(10)5-2-3-9-6(8)4-5;/h2-3,5-7H,4H2,1H3;2-4H,1H3;1H. The molecule has 0 unspecified atom stereocenters. The van der Waals surface area contributed by atoms with Crippen molar-refractivity contribution < 1.29 is 32.2 Å². The third kappa shape index (κ3) is 7.51. The number of carbonyl (C=O) groups is 2. The predicted molar refractivity (Wildman–Crippen MR) is 113 cm³/mol. The number of benzene rings is 1. The molecule has 11 heteroatoms. The van der Waals surface area contributed by atoms with E-state index in [1.54, 1.807) is 0 Å². The van der Waals surface area contributed by atoms with Crippen molar-refractivity contribution in [3.8, 4) is 0 Å². The van der Waals surface area contributed by atoms with Crippen molar-refractivity contribution in [2.45, 2.75) is 6.42 Å². The number of nitrogens with zero attached hydrogens (tertiary/aromatic N) is 2. The van der Waals surface area contributed by atoms with Crippen LogP contribution in [0.2, 0.25) is 5.15 Å². The molecule has 3 aromatic rings. The number of hydrogen-bond acceptors (Lipinski definition) is 6. The number of carbonyl (C=O) groups excluding carboxylic acids is 2. The highest BCUT2D eigenvalue weighted by molar-refractivity contribution is 6.29. The van der Waals surface area contributed by atoms with Crippen LogP contribution < -0.4 is 0 Å². The molecular formula is C21H17Cl2F3N2O4. The van der Waals surface area contributed by atoms with Gasteiger partial charge < -0.3 is 9.47 Å². The molecule has 0 saturated heterocycles. The van der Waals surface area contributed by atoms with Crippen molar-refractivity contribution in [3.63, 3.8) is 0 Å². The second-order valence-corrected chi connectivity index (χ2v) is 6.32. The van der Waals surface area contributed by atoms with Crippen LogP contribution in [0.25, 0.3) is 0 Å². The first-order chi connectivity index (χ1) is 14.7. The molecule has 6 nitrogen and oxygen atoms in total. The first-order valence-electron chi connectivity index (χ1n) is 8.61. The van der Waals surface area contributed by atoms with E-state index in [4.69, 9.17) is 11.6 Å². The van der Waals surface area contributed by atoms with Crippen molar-refractivity contribution in [2.75, 3.05) is 14.2 Å². The fourth-order valence-corrected chi connectivity index (χ4v) is 2.56. The van der Waals surface area contributed by atoms with Gasteiger partial charge in [0.25, 0.3) is 0 Å². The van der Waals surface area contributed by atoms with Gasteiger partial charge in [-0.1, -0.05) is 11.6 Å². The van der Waals surface area contributed by atoms with E-state index in [-0.39, 0.29) is 35.1 Å². The molecule has 0 radical (unpaired) electrons. The lowest BCUT2D eigenvalue weighted by Crippen LogP contribution is -2.04. The Kier molecular flexibility index (Phi) is 10.6. The fraction of sp³-hybridized carbons (Fsp3) is 0.143. The Balaban J connectivity index is 0.000000364. The van der Waals surface area contributed by atoms with Crippen LogP contribution in [-0.4, -0.2) is 36.1 Å². The molecule has 2 aromatic heterocycles. The summed E-state index contributed by atoms with van der Waals surface area (Å²) in [6, 6.07) is 7.69. The smallest absolute Gasteiger partial charge is 0.338 e. The maximum absolute atomic E-state index is 13.1. The zero-order valence-electron chi connectivity index (χ0n) is 16.8. The summed E-state index contributed by atoms with van der Waals surface area (Å²) in [7, 11) is 2.56. The highest BCUT2D eigenvalue weighted by Gasteiger charge is 2.12. The monoisotopic (exact) mass is 488 g/mol. The zero-order chi connectivity index (χ0) is 23.0. The van der Waals surface area contributed by atoms with Gasteiger partial charge in [-0.25, -0.2) is 27.7 Å². The lowest BCUT2D eigenvalue weighted by atomic mass is 10.1. The SMILES string of the molecule is COC(=O)c1ccnc(Cc2cc(F)c(F)c(F)c2)c1.COC(=O)c1ccnc(Cl)c1.Cl. The summed E-state index contributed by atoms with van der Waals surface area (Å²) in [5, 5.41) is 0.285. The summed E-state index contributed by atoms with van der Waals surface area (Å²) in [5.74, 6) is -4.97. The van der Waals surface area contributed by atoms with Crippen molar-refractivity contribution >= 4 is 35.9 Å². The molecule has 0 saturated carbocycles. The molecule has 0 spiro atoms. The zero-order valence-corrected chi connectivity index (χ0v) is 18.3. The van der Waals surface area contributed by atoms with E-state index >= 15 is 0 Å². The first-order valence-corrected chi connectivity index (χ1v) is 8.99. The van der Waals surface area contributed by atoms with Crippen LogP contribution in [0.5, 0.6) is 0 Å². The molecule has 32 heavy (non-hydrogen) atoms. The molecule has 0 aliphatic heterocycles. The Morgan fingerprint density at radius 2 is 1.38 bits per heavy atom. The van der Waals surface area contributed by atoms with Gasteiger partial charge >= 0.3 is 11.9 Å². The number of ether oxygens (including phenoxy) is 2. The molecule has 1 aromatic carbocycles. The topological polar surface area (TPSA) is 78.4 Å². The molecule has 2 heterocycles. The number of halogens is 5. The molecule has 0 aliphatic carbocycles. The lowest BCUT2D eigenvalue weighted by molar-refractivity contribution is 0.0591. The van der Waals surface area contributed by atoms with E-state index in [1.807, 2.05) is 0 Å². The molecule has 0 fully saturated rings. The van der Waals surface area contributed by atoms with E-state index < -0.39 is 29.4 Å². The van der Waals surface area contributed by atoms with Crippen molar-refractivity contribution in [1.82, 2.24) is 9.97 Å². The second-order valence-electron chi connectivity index (χ2n) is 5.94. The van der Waals surface area contributed by atoms with E-state index in [9.17, 15) is 22.8 Å². The van der Waals surface area contributed by atoms with Crippen molar-refractivity contribution in [2.24, 2.45) is 0 Å². The average molecular weight is 489 g/mol. The number of methoxy groups -OCH3 is 2. The van der Waals surface area contributed by atoms with Gasteiger partial charge in [0.05, 0.1) is 25.3 Å². The number of esters is 2. The molecule has 0 atom stereocenters. The van der Waals surface area contributed by atoms with Crippen molar-refractivity contribution in [3.05, 3.63) is 93.8 Å². The Morgan fingerprint density at radius 1 is 0.875 bits per heavy atom. The minimum atomic E-state index is -1.51. The number of rotatable bonds is 4. The molecule has 0 N–H and O–H groups in total. The Morgan fingerprint density at radius 3 is 1.88 bits per heavy atom. The van der Waals surface area contributed by atoms with Crippen LogP contribution in [0.3, 0.4) is 0 Å². The van der Waals surface area contributed by atoms with Crippen LogP contribution >= 0.6 is 24.0 Å². The predicted octanol–water partition coefficient (Wildman–Crippen LogP) is 4.82. The van der Waals surface area contributed by atoms with Crippen LogP contribution in [0, 0.1) is 17.5 Å². The van der Waals surface area contributed by atoms with Gasteiger partial charge in [-0.3, -0.25) is 4.98 Å². The molecule has 0 amide bonds. The van der Waals surface area contributed by atoms with Crippen LogP contribution in [0.4, 0.5) is 13.2 Å². The normalized spacial score (nSPS) is 9.69. The van der Waals surface area contributed by atoms with Gasteiger partial charge in [0.1, 0.15) is 5.15 Å². The number of aromatic nitrogens is 2. The average Bonchev–Trinajstić information content (AvgIpc) is 2.77. The highest BCUT2D eigenvalue weighted by atomic mass is 35.5. The van der Waals surface area contributed by atoms with E-state index in [0.717, 1.165) is 12.1 Å². The van der Waals surface area contributed by atoms with Gasteiger partial charge in [0, 0.05) is 24.5 Å². The molecule has 0 bridgehead atoms. The first kappa shape index (κ1) is 26.9. The molecular weight excluding hydrogens is 472 g/mol. The molecule has 0 aliphatic rings. The van der Waals surface area contributed by atoms with Gasteiger partial charge in [-0.15, -0.1) is 12.4 Å². The van der Waals surface area contributed by atoms with Gasteiger partial charge in [0.15, 0.2) is 17.5 Å². The lowest BCUT2D eigenvalue weighted by Gasteiger charge is -2.05. The minimum absolute atomic E-state index is 0. The largest absolute Gasteiger partial charge is 0.465 e. The molecule has 170 valence electrons. The highest BCUT2D eigenvalue weighted by Crippen LogP contribution is 2.16. The summed E-state index contributed by atoms with van der Waals surface area (Å²) >= 11 is 5.53. The summed E-state index contributed by atoms with van der Waals surface area (Å²) in [6.45, 7) is 0. The van der Waals surface area contributed by atoms with E-state index in [0.29, 0.717) is 11.3 Å². The summed E-state index contributed by atoms with van der Waals surface area (Å²) in [4.78, 5) is 29.9. The third-order valence-corrected chi connectivity index (χ3v) is 4.02. The van der Waals surface area contributed by atoms with Crippen LogP contribution in [-0.2, 0) is 15.9 Å². The van der Waals surface area contributed by atoms with E-state index in [2.05, 4.69) is 19.4 Å². The van der Waals surface area contributed by atoms with Gasteiger partial charge in [-0.2, -0.15) is 0 Å². The van der Waals surface area contributed by atoms with Gasteiger partial charge in [-0.05, 0) is 42.0 Å². The second kappa shape index (κ2) is 12.6. The quantitative estimate of drug-likeness (QED) is 0.297. The van der Waals surface area contributed by atoms with Crippen LogP contribution in [0.1, 0.15) is 32.0 Å². The third-order valence-electron chi connectivity index (χ3n) is 3.81. The fourth-order valence-electron chi connectivity index (χ4n) is 2.39.